The van der Waals surface area contributed by atoms with Gasteiger partial charge < -0.3 is 15.0 Å². The number of nitrogens with one attached hydrogen (secondary N) is 2. The molecule has 5 aromatic rings. The fourth-order valence-electron chi connectivity index (χ4n) is 5.89. The summed E-state index contributed by atoms with van der Waals surface area (Å²) in [6, 6.07) is 10.9. The molecule has 2 N–H and O–H groups in total. The molecule has 3 unspecified atom stereocenters. The first-order valence-corrected chi connectivity index (χ1v) is 13.6. The smallest absolute Gasteiger partial charge is 0.436 e. The van der Waals surface area contributed by atoms with Crippen molar-refractivity contribution in [2.75, 3.05) is 11.9 Å². The van der Waals surface area contributed by atoms with Gasteiger partial charge in [0.2, 0.25) is 0 Å². The zero-order chi connectivity index (χ0) is 29.6. The first-order valence-electron chi connectivity index (χ1n) is 13.2. The Morgan fingerprint density at radius 1 is 1.09 bits per heavy atom. The molecule has 0 bridgehead atoms. The van der Waals surface area contributed by atoms with Crippen LogP contribution < -0.4 is 15.6 Å². The molecule has 3 atom stereocenters. The second-order valence-corrected chi connectivity index (χ2v) is 11.0. The average Bonchev–Trinajstić information content (AvgIpc) is 3.30. The number of hydrogen-bond acceptors (Lipinski definition) is 7. The number of amides is 1. The summed E-state index contributed by atoms with van der Waals surface area (Å²) in [7, 11) is 0. The van der Waals surface area contributed by atoms with Gasteiger partial charge in [-0.1, -0.05) is 16.8 Å². The van der Waals surface area contributed by atoms with E-state index in [0.717, 1.165) is 28.6 Å². The molecule has 1 amide bonds. The van der Waals surface area contributed by atoms with Crippen molar-refractivity contribution in [3.8, 4) is 34.1 Å². The monoisotopic (exact) mass is 606 g/mol. The van der Waals surface area contributed by atoms with Crippen LogP contribution in [-0.2, 0) is 11.0 Å². The normalized spacial score (nSPS) is 20.2. The van der Waals surface area contributed by atoms with Crippen LogP contribution in [-0.4, -0.2) is 47.0 Å². The summed E-state index contributed by atoms with van der Waals surface area (Å²) in [4.78, 5) is 37.9. The van der Waals surface area contributed by atoms with Crippen molar-refractivity contribution in [2.45, 2.75) is 24.6 Å². The number of carbonyl (C=O) groups excluding carboxylic acids is 1. The van der Waals surface area contributed by atoms with E-state index in [0.29, 0.717) is 33.7 Å². The summed E-state index contributed by atoms with van der Waals surface area (Å²) < 4.78 is 47.7. The number of fused-ring (bicyclic) bond motifs is 4. The third kappa shape index (κ3) is 4.20. The van der Waals surface area contributed by atoms with Crippen molar-refractivity contribution in [2.24, 2.45) is 5.92 Å². The van der Waals surface area contributed by atoms with Gasteiger partial charge >= 0.3 is 6.18 Å². The highest BCUT2D eigenvalue weighted by atomic mass is 35.5. The van der Waals surface area contributed by atoms with Gasteiger partial charge in [0.25, 0.3) is 11.5 Å². The Labute approximate surface area is 244 Å². The predicted molar refractivity (Wildman–Crippen MR) is 146 cm³/mol. The minimum atomic E-state index is -4.66. The maximum atomic E-state index is 13.6. The molecule has 216 valence electrons. The molecule has 0 radical (unpaired) electrons. The van der Waals surface area contributed by atoms with Gasteiger partial charge in [-0.3, -0.25) is 14.2 Å². The van der Waals surface area contributed by atoms with Crippen LogP contribution in [0.2, 0.25) is 5.02 Å². The molecule has 3 aromatic heterocycles. The molecule has 8 rings (SSSR count). The Bertz CT molecular complexity index is 2030. The van der Waals surface area contributed by atoms with Crippen molar-refractivity contribution in [3.63, 3.8) is 0 Å². The number of imidazole rings is 1. The molecular formula is C28H18ClF3N8O3. The number of aromatic amines is 1. The van der Waals surface area contributed by atoms with E-state index in [2.05, 4.69) is 25.6 Å². The summed E-state index contributed by atoms with van der Waals surface area (Å²) in [6.07, 6.45) is -1.36. The molecule has 1 aliphatic carbocycles. The van der Waals surface area contributed by atoms with Gasteiger partial charge in [0.05, 0.1) is 41.2 Å². The minimum Gasteiger partial charge on any atom is -0.482 e. The second kappa shape index (κ2) is 9.01. The summed E-state index contributed by atoms with van der Waals surface area (Å²) in [5.41, 5.74) is 1.49. The minimum absolute atomic E-state index is 0.0380. The number of hydrogen-bond donors (Lipinski definition) is 2. The Kier molecular flexibility index (Phi) is 5.39. The molecule has 0 saturated heterocycles. The molecular weight excluding hydrogens is 589 g/mol. The zero-order valence-corrected chi connectivity index (χ0v) is 22.5. The molecule has 43 heavy (non-hydrogen) atoms. The number of alkyl halides is 3. The highest BCUT2D eigenvalue weighted by Crippen LogP contribution is 2.60. The third-order valence-corrected chi connectivity index (χ3v) is 8.14. The van der Waals surface area contributed by atoms with Crippen LogP contribution >= 0.6 is 11.6 Å². The maximum absolute atomic E-state index is 13.6. The summed E-state index contributed by atoms with van der Waals surface area (Å²) >= 11 is 6.25. The van der Waals surface area contributed by atoms with E-state index in [1.165, 1.54) is 24.3 Å². The number of anilines is 1. The standard InChI is InChI=1S/C28H18ClF3N8O3/c29-13-2-4-20(39-10-22(37-38-39)28(30,31)32)16(6-13)18-8-24(42)40-25(14-7-15(14)27(40)36-18)19-9-33-26(35-19)12-1-3-17-21(5-12)43-11-23(41)34-17/h1-6,8-10,14-15,25H,7,11H2,(H,33,35)(H,34,41). The third-order valence-electron chi connectivity index (χ3n) is 7.90. The Balaban J connectivity index is 1.15. The number of benzene rings is 2. The molecule has 2 aliphatic heterocycles. The fourth-order valence-corrected chi connectivity index (χ4v) is 6.06. The van der Waals surface area contributed by atoms with Crippen LogP contribution in [0, 0.1) is 5.92 Å². The van der Waals surface area contributed by atoms with E-state index in [1.54, 1.807) is 22.9 Å². The lowest BCUT2D eigenvalue weighted by Gasteiger charge is -2.18. The van der Waals surface area contributed by atoms with E-state index < -0.39 is 11.9 Å². The summed E-state index contributed by atoms with van der Waals surface area (Å²) in [5.74, 6) is 1.66. The van der Waals surface area contributed by atoms with Gasteiger partial charge in [-0.25, -0.2) is 14.6 Å². The van der Waals surface area contributed by atoms with E-state index in [1.807, 2.05) is 6.07 Å². The van der Waals surface area contributed by atoms with Crippen LogP contribution in [0.1, 0.15) is 35.6 Å². The highest BCUT2D eigenvalue weighted by Gasteiger charge is 2.55. The lowest BCUT2D eigenvalue weighted by Crippen LogP contribution is -2.27. The highest BCUT2D eigenvalue weighted by molar-refractivity contribution is 6.31. The van der Waals surface area contributed by atoms with Crippen LogP contribution in [0.5, 0.6) is 5.75 Å². The van der Waals surface area contributed by atoms with Crippen LogP contribution in [0.15, 0.2) is 59.7 Å². The predicted octanol–water partition coefficient (Wildman–Crippen LogP) is 4.59. The number of halogens is 4. The van der Waals surface area contributed by atoms with Crippen LogP contribution in [0.4, 0.5) is 18.9 Å². The van der Waals surface area contributed by atoms with Gasteiger partial charge in [0.15, 0.2) is 12.3 Å². The van der Waals surface area contributed by atoms with Crippen molar-refractivity contribution in [1.29, 1.82) is 0 Å². The SMILES string of the molecule is O=C1COc2cc(-c3ncc(C4C5CC5c5nc(-c6cc(Cl)ccc6-n6cc(C(F)(F)F)nn6)cc(=O)n54)[nH]3)ccc2N1. The first-order chi connectivity index (χ1) is 20.6. The number of aromatic nitrogens is 7. The molecule has 3 aliphatic rings. The largest absolute Gasteiger partial charge is 0.482 e. The van der Waals surface area contributed by atoms with E-state index in [4.69, 9.17) is 21.3 Å². The van der Waals surface area contributed by atoms with Gasteiger partial charge in [0, 0.05) is 28.1 Å². The van der Waals surface area contributed by atoms with Gasteiger partial charge in [0.1, 0.15) is 17.4 Å². The Morgan fingerprint density at radius 3 is 2.77 bits per heavy atom. The topological polar surface area (TPSA) is 133 Å². The Morgan fingerprint density at radius 2 is 1.95 bits per heavy atom. The summed E-state index contributed by atoms with van der Waals surface area (Å²) in [5, 5.41) is 9.97. The number of H-pyrrole nitrogens is 1. The molecule has 2 aromatic carbocycles. The average molecular weight is 607 g/mol. The number of rotatable bonds is 4. The number of ether oxygens (including phenoxy) is 1. The number of nitrogens with zero attached hydrogens (tertiary/aromatic N) is 6. The molecule has 1 saturated carbocycles. The van der Waals surface area contributed by atoms with Crippen molar-refractivity contribution >= 4 is 23.2 Å². The number of carbonyl (C=O) groups is 1. The van der Waals surface area contributed by atoms with Crippen molar-refractivity contribution in [1.82, 2.24) is 34.5 Å². The maximum Gasteiger partial charge on any atom is 0.436 e. The molecule has 1 fully saturated rings. The van der Waals surface area contributed by atoms with Crippen molar-refractivity contribution < 1.29 is 22.7 Å². The zero-order valence-electron chi connectivity index (χ0n) is 21.8. The van der Waals surface area contributed by atoms with Gasteiger partial charge in [-0.2, -0.15) is 13.2 Å². The van der Waals surface area contributed by atoms with Crippen LogP contribution in [0.3, 0.4) is 0 Å². The fraction of sp³-hybridized carbons (Fsp3) is 0.214. The summed E-state index contributed by atoms with van der Waals surface area (Å²) in [6.45, 7) is -0.0657. The molecule has 15 heteroatoms. The second-order valence-electron chi connectivity index (χ2n) is 10.6. The van der Waals surface area contributed by atoms with Crippen LogP contribution in [0.25, 0.3) is 28.3 Å². The van der Waals surface area contributed by atoms with Gasteiger partial charge in [-0.05, 0) is 48.7 Å². The molecule has 5 heterocycles. The molecule has 11 nitrogen and oxygen atoms in total. The Hall–Kier alpha value is -4.98. The lowest BCUT2D eigenvalue weighted by molar-refractivity contribution is -0.141. The first kappa shape index (κ1) is 25.7. The van der Waals surface area contributed by atoms with E-state index in [-0.39, 0.29) is 47.3 Å². The van der Waals surface area contributed by atoms with E-state index >= 15 is 0 Å². The quantitative estimate of drug-likeness (QED) is 0.306. The lowest BCUT2D eigenvalue weighted by atomic mass is 10.1. The van der Waals surface area contributed by atoms with E-state index in [9.17, 15) is 22.8 Å². The van der Waals surface area contributed by atoms with Gasteiger partial charge in [-0.15, -0.1) is 5.10 Å². The molecule has 0 spiro atoms. The van der Waals surface area contributed by atoms with Crippen molar-refractivity contribution in [3.05, 3.63) is 87.4 Å².